The van der Waals surface area contributed by atoms with Crippen LogP contribution in [0.2, 0.25) is 0 Å². The average Bonchev–Trinajstić information content (AvgIpc) is 3.48. The molecule has 2 saturated heterocycles. The van der Waals surface area contributed by atoms with E-state index in [-0.39, 0.29) is 19.3 Å². The number of amides is 2. The van der Waals surface area contributed by atoms with E-state index in [0.29, 0.717) is 18.2 Å². The summed E-state index contributed by atoms with van der Waals surface area (Å²) < 4.78 is 0. The standard InChI is InChI=1S/C23H31N3O2.CH4/c27-22-9-1-2-10-26(22)19-8-3-5-17(15-19)20-16-21(20)23(28)25-13-11-24(12-14-25)18-6-4-7-18;/h3,5,8,15,18,20-21H,1-2,4,6-7,9-14,16H2;1H4/t20?,21-;/m0./s1. The van der Waals surface area contributed by atoms with Gasteiger partial charge < -0.3 is 9.80 Å². The van der Waals surface area contributed by atoms with Crippen molar-refractivity contribution in [2.75, 3.05) is 37.6 Å². The molecule has 0 spiro atoms. The van der Waals surface area contributed by atoms with E-state index in [1.807, 2.05) is 17.0 Å². The Hall–Kier alpha value is -1.88. The van der Waals surface area contributed by atoms with E-state index in [9.17, 15) is 9.59 Å². The van der Waals surface area contributed by atoms with Crippen molar-refractivity contribution in [2.24, 2.45) is 5.92 Å². The Kier molecular flexibility index (Phi) is 5.95. The van der Waals surface area contributed by atoms with E-state index < -0.39 is 0 Å². The molecule has 1 aromatic rings. The highest BCUT2D eigenvalue weighted by Gasteiger charge is 2.46. The molecule has 5 rings (SSSR count). The molecule has 158 valence electrons. The van der Waals surface area contributed by atoms with Crippen molar-refractivity contribution in [1.82, 2.24) is 9.80 Å². The minimum absolute atomic E-state index is 0. The molecule has 5 heteroatoms. The normalized spacial score (nSPS) is 27.9. The van der Waals surface area contributed by atoms with E-state index in [1.165, 1.54) is 24.8 Å². The van der Waals surface area contributed by atoms with Crippen LogP contribution in [-0.4, -0.2) is 60.4 Å². The highest BCUT2D eigenvalue weighted by Crippen LogP contribution is 2.49. The Bertz CT molecular complexity index is 752. The summed E-state index contributed by atoms with van der Waals surface area (Å²) in [5.41, 5.74) is 2.23. The molecule has 1 unspecified atom stereocenters. The number of benzene rings is 1. The van der Waals surface area contributed by atoms with Crippen LogP contribution in [0.25, 0.3) is 0 Å². The number of piperidine rings is 1. The summed E-state index contributed by atoms with van der Waals surface area (Å²) in [6.45, 7) is 4.68. The molecule has 0 radical (unpaired) electrons. The summed E-state index contributed by atoms with van der Waals surface area (Å²) in [4.78, 5) is 31.8. The van der Waals surface area contributed by atoms with Gasteiger partial charge in [0.1, 0.15) is 0 Å². The van der Waals surface area contributed by atoms with Gasteiger partial charge in [-0.15, -0.1) is 0 Å². The number of hydrogen-bond donors (Lipinski definition) is 0. The number of nitrogens with zero attached hydrogens (tertiary/aromatic N) is 3. The molecule has 1 aromatic carbocycles. The van der Waals surface area contributed by atoms with Crippen molar-refractivity contribution < 1.29 is 9.59 Å². The predicted octanol–water partition coefficient (Wildman–Crippen LogP) is 3.64. The summed E-state index contributed by atoms with van der Waals surface area (Å²) in [7, 11) is 0. The molecule has 2 aliphatic carbocycles. The van der Waals surface area contributed by atoms with Gasteiger partial charge in [0.15, 0.2) is 0 Å². The van der Waals surface area contributed by atoms with Crippen molar-refractivity contribution in [3.8, 4) is 0 Å². The molecule has 4 aliphatic rings. The number of carbonyl (C=O) groups excluding carboxylic acids is 2. The zero-order valence-electron chi connectivity index (χ0n) is 16.7. The SMILES string of the molecule is C.O=C([C@H]1CC1c1cccc(N2CCCCC2=O)c1)N1CCN(C2CCC2)CC1. The maximum absolute atomic E-state index is 13.0. The van der Waals surface area contributed by atoms with E-state index in [1.54, 1.807) is 0 Å². The van der Waals surface area contributed by atoms with Gasteiger partial charge in [-0.2, -0.15) is 0 Å². The number of anilines is 1. The molecule has 2 aliphatic heterocycles. The lowest BCUT2D eigenvalue weighted by Gasteiger charge is -2.43. The van der Waals surface area contributed by atoms with Crippen LogP contribution in [0.4, 0.5) is 5.69 Å². The first-order chi connectivity index (χ1) is 13.7. The highest BCUT2D eigenvalue weighted by atomic mass is 16.2. The lowest BCUT2D eigenvalue weighted by molar-refractivity contribution is -0.135. The molecule has 0 bridgehead atoms. The van der Waals surface area contributed by atoms with Gasteiger partial charge in [-0.25, -0.2) is 0 Å². The van der Waals surface area contributed by atoms with Crippen LogP contribution in [-0.2, 0) is 9.59 Å². The van der Waals surface area contributed by atoms with Crippen LogP contribution < -0.4 is 4.90 Å². The smallest absolute Gasteiger partial charge is 0.226 e. The first-order valence-electron chi connectivity index (χ1n) is 11.1. The van der Waals surface area contributed by atoms with Gasteiger partial charge in [0, 0.05) is 56.8 Å². The number of carbonyl (C=O) groups is 2. The first-order valence-corrected chi connectivity index (χ1v) is 11.1. The Morgan fingerprint density at radius 1 is 0.966 bits per heavy atom. The average molecular weight is 398 g/mol. The summed E-state index contributed by atoms with van der Waals surface area (Å²) >= 11 is 0. The molecule has 5 nitrogen and oxygen atoms in total. The van der Waals surface area contributed by atoms with E-state index in [4.69, 9.17) is 0 Å². The maximum atomic E-state index is 13.0. The summed E-state index contributed by atoms with van der Waals surface area (Å²) in [6.07, 6.45) is 7.74. The van der Waals surface area contributed by atoms with Crippen molar-refractivity contribution in [3.05, 3.63) is 29.8 Å². The minimum atomic E-state index is 0. The summed E-state index contributed by atoms with van der Waals surface area (Å²) in [5, 5.41) is 0. The third kappa shape index (κ3) is 4.07. The van der Waals surface area contributed by atoms with E-state index in [2.05, 4.69) is 21.9 Å². The fourth-order valence-corrected chi connectivity index (χ4v) is 5.13. The van der Waals surface area contributed by atoms with E-state index >= 15 is 0 Å². The molecule has 0 aromatic heterocycles. The fraction of sp³-hybridized carbons (Fsp3) is 0.667. The molecule has 0 N–H and O–H groups in total. The Labute approximate surface area is 175 Å². The molecular weight excluding hydrogens is 362 g/mol. The van der Waals surface area contributed by atoms with Gasteiger partial charge >= 0.3 is 0 Å². The van der Waals surface area contributed by atoms with Crippen LogP contribution >= 0.6 is 0 Å². The Morgan fingerprint density at radius 3 is 2.45 bits per heavy atom. The molecule has 2 atom stereocenters. The second-order valence-corrected chi connectivity index (χ2v) is 8.99. The van der Waals surface area contributed by atoms with Gasteiger partial charge in [-0.1, -0.05) is 26.0 Å². The summed E-state index contributed by atoms with van der Waals surface area (Å²) in [6, 6.07) is 9.14. The molecule has 2 amide bonds. The number of hydrogen-bond acceptors (Lipinski definition) is 3. The fourth-order valence-electron chi connectivity index (χ4n) is 5.13. The maximum Gasteiger partial charge on any atom is 0.226 e. The Balaban J connectivity index is 0.00000205. The zero-order valence-corrected chi connectivity index (χ0v) is 16.7. The molecule has 2 heterocycles. The number of piperazine rings is 1. The largest absolute Gasteiger partial charge is 0.340 e. The minimum Gasteiger partial charge on any atom is -0.340 e. The highest BCUT2D eigenvalue weighted by molar-refractivity contribution is 5.94. The molecule has 2 saturated carbocycles. The Morgan fingerprint density at radius 2 is 1.76 bits per heavy atom. The topological polar surface area (TPSA) is 43.9 Å². The van der Waals surface area contributed by atoms with Crippen LogP contribution in [0.15, 0.2) is 24.3 Å². The third-order valence-electron chi connectivity index (χ3n) is 7.26. The molecule has 29 heavy (non-hydrogen) atoms. The van der Waals surface area contributed by atoms with Crippen molar-refractivity contribution >= 4 is 17.5 Å². The van der Waals surface area contributed by atoms with Gasteiger partial charge in [0.25, 0.3) is 0 Å². The molecule has 4 fully saturated rings. The van der Waals surface area contributed by atoms with Gasteiger partial charge in [-0.05, 0) is 55.7 Å². The molecular formula is C24H35N3O2. The second-order valence-electron chi connectivity index (χ2n) is 8.99. The predicted molar refractivity (Wildman–Crippen MR) is 116 cm³/mol. The van der Waals surface area contributed by atoms with Crippen molar-refractivity contribution in [1.29, 1.82) is 0 Å². The lowest BCUT2D eigenvalue weighted by atomic mass is 9.91. The first kappa shape index (κ1) is 20.4. The van der Waals surface area contributed by atoms with Crippen LogP contribution in [0, 0.1) is 5.92 Å². The van der Waals surface area contributed by atoms with Crippen molar-refractivity contribution in [3.63, 3.8) is 0 Å². The van der Waals surface area contributed by atoms with Crippen molar-refractivity contribution in [2.45, 2.75) is 64.3 Å². The van der Waals surface area contributed by atoms with Crippen LogP contribution in [0.1, 0.15) is 63.9 Å². The van der Waals surface area contributed by atoms with E-state index in [0.717, 1.165) is 63.7 Å². The van der Waals surface area contributed by atoms with Gasteiger partial charge in [-0.3, -0.25) is 14.5 Å². The van der Waals surface area contributed by atoms with Crippen LogP contribution in [0.3, 0.4) is 0 Å². The summed E-state index contributed by atoms with van der Waals surface area (Å²) in [5.74, 6) is 1.05. The third-order valence-corrected chi connectivity index (χ3v) is 7.26. The number of rotatable bonds is 4. The van der Waals surface area contributed by atoms with Crippen LogP contribution in [0.5, 0.6) is 0 Å². The van der Waals surface area contributed by atoms with Gasteiger partial charge in [0.2, 0.25) is 11.8 Å². The zero-order chi connectivity index (χ0) is 19.1. The second kappa shape index (κ2) is 8.47. The lowest BCUT2D eigenvalue weighted by Crippen LogP contribution is -2.53. The monoisotopic (exact) mass is 397 g/mol. The van der Waals surface area contributed by atoms with Gasteiger partial charge in [0.05, 0.1) is 0 Å². The quantitative estimate of drug-likeness (QED) is 0.779.